The van der Waals surface area contributed by atoms with E-state index in [1.165, 1.54) is 15.6 Å². The molecule has 1 fully saturated rings. The first-order chi connectivity index (χ1) is 16.9. The standard InChI is InChI=1S/C23H24N4O6S2/c1-2-31-17-4-6-18(7-5-17)35(29,30)27-11-9-15(10-12-27)22-25-26-23(34-22)21(28)24-16-3-8-19-20(13-16)33-14-32-19/h3-8,13,15H,2,9-12,14H2,1H3,(H,24,28). The molecule has 0 atom stereocenters. The Morgan fingerprint density at radius 2 is 1.86 bits per heavy atom. The van der Waals surface area contributed by atoms with Crippen LogP contribution in [0.3, 0.4) is 0 Å². The number of carbonyl (C=O) groups is 1. The van der Waals surface area contributed by atoms with Crippen LogP contribution in [-0.2, 0) is 10.0 Å². The van der Waals surface area contributed by atoms with Gasteiger partial charge in [0.1, 0.15) is 10.8 Å². The van der Waals surface area contributed by atoms with Gasteiger partial charge in [0.2, 0.25) is 21.8 Å². The van der Waals surface area contributed by atoms with Crippen molar-refractivity contribution in [3.05, 3.63) is 52.5 Å². The van der Waals surface area contributed by atoms with Gasteiger partial charge in [0.15, 0.2) is 11.5 Å². The minimum absolute atomic E-state index is 0.0476. The first-order valence-corrected chi connectivity index (χ1v) is 13.5. The van der Waals surface area contributed by atoms with Crippen molar-refractivity contribution >= 4 is 33.0 Å². The fourth-order valence-corrected chi connectivity index (χ4v) is 6.39. The Morgan fingerprint density at radius 1 is 1.11 bits per heavy atom. The van der Waals surface area contributed by atoms with Gasteiger partial charge in [-0.25, -0.2) is 8.42 Å². The second kappa shape index (κ2) is 9.80. The molecule has 10 nitrogen and oxygen atoms in total. The van der Waals surface area contributed by atoms with Crippen molar-refractivity contribution in [1.82, 2.24) is 14.5 Å². The van der Waals surface area contributed by atoms with E-state index in [1.807, 2.05) is 6.92 Å². The molecule has 1 N–H and O–H groups in total. The number of fused-ring (bicyclic) bond motifs is 1. The number of anilines is 1. The van der Waals surface area contributed by atoms with E-state index in [1.54, 1.807) is 42.5 Å². The number of nitrogens with zero attached hydrogens (tertiary/aromatic N) is 3. The molecule has 0 spiro atoms. The summed E-state index contributed by atoms with van der Waals surface area (Å²) >= 11 is 1.23. The second-order valence-corrected chi connectivity index (χ2v) is 11.0. The number of rotatable bonds is 7. The number of nitrogens with one attached hydrogen (secondary N) is 1. The number of benzene rings is 2. The van der Waals surface area contributed by atoms with Crippen molar-refractivity contribution in [3.8, 4) is 17.2 Å². The Labute approximate surface area is 206 Å². The SMILES string of the molecule is CCOc1ccc(S(=O)(=O)N2CCC(c3nnc(C(=O)Nc4ccc5c(c4)OCO5)s3)CC2)cc1. The van der Waals surface area contributed by atoms with E-state index in [0.29, 0.717) is 55.5 Å². The van der Waals surface area contributed by atoms with Gasteiger partial charge in [0, 0.05) is 30.8 Å². The number of sulfonamides is 1. The van der Waals surface area contributed by atoms with E-state index < -0.39 is 10.0 Å². The number of ether oxygens (including phenoxy) is 3. The molecule has 0 unspecified atom stereocenters. The van der Waals surface area contributed by atoms with Gasteiger partial charge in [-0.2, -0.15) is 4.31 Å². The van der Waals surface area contributed by atoms with E-state index in [9.17, 15) is 13.2 Å². The van der Waals surface area contributed by atoms with Crippen LogP contribution in [0.2, 0.25) is 0 Å². The minimum atomic E-state index is -3.58. The second-order valence-electron chi connectivity index (χ2n) is 8.05. The van der Waals surface area contributed by atoms with Crippen molar-refractivity contribution in [2.24, 2.45) is 0 Å². The van der Waals surface area contributed by atoms with Gasteiger partial charge in [0.25, 0.3) is 5.91 Å². The summed E-state index contributed by atoms with van der Waals surface area (Å²) in [5.41, 5.74) is 0.573. The Morgan fingerprint density at radius 3 is 2.60 bits per heavy atom. The molecule has 184 valence electrons. The smallest absolute Gasteiger partial charge is 0.286 e. The fourth-order valence-electron chi connectivity index (χ4n) is 4.02. The zero-order chi connectivity index (χ0) is 24.4. The van der Waals surface area contributed by atoms with Crippen molar-refractivity contribution in [2.75, 3.05) is 31.8 Å². The zero-order valence-corrected chi connectivity index (χ0v) is 20.6. The van der Waals surface area contributed by atoms with Crippen LogP contribution < -0.4 is 19.5 Å². The molecule has 1 aromatic heterocycles. The van der Waals surface area contributed by atoms with Gasteiger partial charge < -0.3 is 19.5 Å². The van der Waals surface area contributed by atoms with Crippen molar-refractivity contribution < 1.29 is 27.4 Å². The average Bonchev–Trinajstić information content (AvgIpc) is 3.54. The maximum atomic E-state index is 13.0. The third-order valence-corrected chi connectivity index (χ3v) is 8.84. The van der Waals surface area contributed by atoms with Gasteiger partial charge in [-0.1, -0.05) is 11.3 Å². The van der Waals surface area contributed by atoms with Crippen LogP contribution in [0.15, 0.2) is 47.4 Å². The topological polar surface area (TPSA) is 120 Å². The Hall–Kier alpha value is -3.22. The lowest BCUT2D eigenvalue weighted by Crippen LogP contribution is -2.37. The maximum Gasteiger partial charge on any atom is 0.286 e. The molecule has 5 rings (SSSR count). The number of hydrogen-bond donors (Lipinski definition) is 1. The first-order valence-electron chi connectivity index (χ1n) is 11.2. The van der Waals surface area contributed by atoms with Gasteiger partial charge in [-0.05, 0) is 56.2 Å². The number of piperidine rings is 1. The maximum absolute atomic E-state index is 13.0. The lowest BCUT2D eigenvalue weighted by Gasteiger charge is -2.30. The largest absolute Gasteiger partial charge is 0.494 e. The quantitative estimate of drug-likeness (QED) is 0.507. The number of carbonyl (C=O) groups excluding carboxylic acids is 1. The van der Waals surface area contributed by atoms with Gasteiger partial charge >= 0.3 is 0 Å². The molecule has 3 aromatic rings. The lowest BCUT2D eigenvalue weighted by atomic mass is 9.99. The van der Waals surface area contributed by atoms with Crippen LogP contribution in [0.25, 0.3) is 0 Å². The van der Waals surface area contributed by atoms with Crippen LogP contribution in [0.5, 0.6) is 17.2 Å². The van der Waals surface area contributed by atoms with Gasteiger partial charge in [0.05, 0.1) is 11.5 Å². The highest BCUT2D eigenvalue weighted by atomic mass is 32.2. The summed E-state index contributed by atoms with van der Waals surface area (Å²) in [4.78, 5) is 12.9. The van der Waals surface area contributed by atoms with Crippen molar-refractivity contribution in [2.45, 2.75) is 30.6 Å². The molecule has 12 heteroatoms. The minimum Gasteiger partial charge on any atom is -0.494 e. The van der Waals surface area contributed by atoms with Crippen molar-refractivity contribution in [1.29, 1.82) is 0 Å². The van der Waals surface area contributed by atoms with E-state index in [2.05, 4.69) is 15.5 Å². The summed E-state index contributed by atoms with van der Waals surface area (Å²) < 4.78 is 43.6. The summed E-state index contributed by atoms with van der Waals surface area (Å²) in [6.07, 6.45) is 1.21. The van der Waals surface area contributed by atoms with Crippen LogP contribution >= 0.6 is 11.3 Å². The number of hydrogen-bond acceptors (Lipinski definition) is 9. The molecule has 35 heavy (non-hydrogen) atoms. The Kier molecular flexibility index (Phi) is 6.58. The molecule has 3 heterocycles. The molecule has 2 aliphatic heterocycles. The molecule has 0 aliphatic carbocycles. The monoisotopic (exact) mass is 516 g/mol. The Bertz CT molecular complexity index is 1320. The fraction of sp³-hybridized carbons (Fsp3) is 0.348. The summed E-state index contributed by atoms with van der Waals surface area (Å²) in [6.45, 7) is 3.30. The average molecular weight is 517 g/mol. The molecule has 2 aliphatic rings. The summed E-state index contributed by atoms with van der Waals surface area (Å²) in [5, 5.41) is 12.1. The van der Waals surface area contributed by atoms with Gasteiger partial charge in [-0.3, -0.25) is 4.79 Å². The number of aromatic nitrogens is 2. The van der Waals surface area contributed by atoms with Crippen LogP contribution in [0.4, 0.5) is 5.69 Å². The lowest BCUT2D eigenvalue weighted by molar-refractivity contribution is 0.102. The van der Waals surface area contributed by atoms with Crippen LogP contribution in [0.1, 0.15) is 40.5 Å². The predicted octanol–water partition coefficient (Wildman–Crippen LogP) is 3.49. The zero-order valence-electron chi connectivity index (χ0n) is 19.0. The van der Waals surface area contributed by atoms with Crippen LogP contribution in [-0.4, -0.2) is 55.3 Å². The highest BCUT2D eigenvalue weighted by molar-refractivity contribution is 7.89. The molecule has 1 saturated heterocycles. The third kappa shape index (κ3) is 4.95. The molecular weight excluding hydrogens is 492 g/mol. The molecule has 2 aromatic carbocycles. The third-order valence-electron chi connectivity index (χ3n) is 5.84. The Balaban J connectivity index is 1.19. The number of amides is 1. The highest BCUT2D eigenvalue weighted by Crippen LogP contribution is 2.35. The van der Waals surface area contributed by atoms with E-state index in [0.717, 1.165) is 5.01 Å². The summed E-state index contributed by atoms with van der Waals surface area (Å²) in [7, 11) is -3.58. The summed E-state index contributed by atoms with van der Waals surface area (Å²) in [6, 6.07) is 11.6. The molecule has 1 amide bonds. The molecule has 0 radical (unpaired) electrons. The predicted molar refractivity (Wildman–Crippen MR) is 129 cm³/mol. The first kappa shape index (κ1) is 23.5. The normalized spacial score (nSPS) is 16.3. The van der Waals surface area contributed by atoms with E-state index >= 15 is 0 Å². The molecule has 0 saturated carbocycles. The van der Waals surface area contributed by atoms with Crippen molar-refractivity contribution in [3.63, 3.8) is 0 Å². The van der Waals surface area contributed by atoms with E-state index in [-0.39, 0.29) is 28.5 Å². The van der Waals surface area contributed by atoms with Crippen LogP contribution in [0, 0.1) is 0 Å². The van der Waals surface area contributed by atoms with E-state index in [4.69, 9.17) is 14.2 Å². The summed E-state index contributed by atoms with van der Waals surface area (Å²) in [5.74, 6) is 1.54. The molecule has 0 bridgehead atoms. The van der Waals surface area contributed by atoms with Gasteiger partial charge in [-0.15, -0.1) is 10.2 Å². The highest BCUT2D eigenvalue weighted by Gasteiger charge is 2.31. The molecular formula is C23H24N4O6S2.